The minimum absolute atomic E-state index is 0.930. The highest BCUT2D eigenvalue weighted by Crippen LogP contribution is 2.21. The second-order valence-corrected chi connectivity index (χ2v) is 4.05. The molecule has 0 aromatic heterocycles. The molecule has 0 aliphatic heterocycles. The van der Waals surface area contributed by atoms with Gasteiger partial charge in [0.2, 0.25) is 0 Å². The van der Waals surface area contributed by atoms with Crippen LogP contribution in [0.3, 0.4) is 0 Å². The molecule has 1 aromatic rings. The highest BCUT2D eigenvalue weighted by atomic mass is 32.2. The molecule has 0 radical (unpaired) electrons. The van der Waals surface area contributed by atoms with Crippen LogP contribution in [0.15, 0.2) is 29.2 Å². The van der Waals surface area contributed by atoms with Crippen LogP contribution in [0, 0.1) is 0 Å². The van der Waals surface area contributed by atoms with Crippen molar-refractivity contribution in [2.75, 3.05) is 12.9 Å². The third kappa shape index (κ3) is 3.73. The minimum Gasteiger partial charge on any atom is -0.497 e. The molecule has 0 aliphatic rings. The van der Waals surface area contributed by atoms with Crippen molar-refractivity contribution in [2.45, 2.75) is 24.7 Å². The molecule has 1 aromatic carbocycles. The van der Waals surface area contributed by atoms with Crippen molar-refractivity contribution in [3.8, 4) is 5.75 Å². The smallest absolute Gasteiger partial charge is 0.118 e. The maximum Gasteiger partial charge on any atom is 0.118 e. The lowest BCUT2D eigenvalue weighted by molar-refractivity contribution is 0.414. The van der Waals surface area contributed by atoms with Gasteiger partial charge in [0.15, 0.2) is 0 Å². The molecule has 0 bridgehead atoms. The predicted molar refractivity (Wildman–Crippen MR) is 58.6 cm³/mol. The molecule has 0 saturated heterocycles. The lowest BCUT2D eigenvalue weighted by Gasteiger charge is -2.02. The highest BCUT2D eigenvalue weighted by Gasteiger charge is 1.94. The summed E-state index contributed by atoms with van der Waals surface area (Å²) in [5.41, 5.74) is 0. The van der Waals surface area contributed by atoms with Crippen LogP contribution in [0.5, 0.6) is 5.75 Å². The molecule has 1 rings (SSSR count). The second kappa shape index (κ2) is 5.92. The molecule has 0 saturated carbocycles. The summed E-state index contributed by atoms with van der Waals surface area (Å²) >= 11 is 1.91. The Hall–Kier alpha value is -0.630. The summed E-state index contributed by atoms with van der Waals surface area (Å²) in [5, 5.41) is 0. The number of rotatable bonds is 5. The molecule has 1 nitrogen and oxygen atoms in total. The number of methoxy groups -OCH3 is 1. The summed E-state index contributed by atoms with van der Waals surface area (Å²) in [5.74, 6) is 2.14. The average molecular weight is 196 g/mol. The van der Waals surface area contributed by atoms with Crippen LogP contribution in [-0.4, -0.2) is 12.9 Å². The summed E-state index contributed by atoms with van der Waals surface area (Å²) in [6, 6.07) is 8.24. The largest absolute Gasteiger partial charge is 0.497 e. The van der Waals surface area contributed by atoms with E-state index < -0.39 is 0 Å². The van der Waals surface area contributed by atoms with Crippen molar-refractivity contribution in [1.29, 1.82) is 0 Å². The van der Waals surface area contributed by atoms with Crippen molar-refractivity contribution < 1.29 is 4.74 Å². The van der Waals surface area contributed by atoms with Gasteiger partial charge in [0.1, 0.15) is 5.75 Å². The Morgan fingerprint density at radius 2 is 1.92 bits per heavy atom. The van der Waals surface area contributed by atoms with E-state index in [9.17, 15) is 0 Å². The van der Waals surface area contributed by atoms with Gasteiger partial charge in [-0.15, -0.1) is 11.8 Å². The molecule has 0 atom stereocenters. The Labute approximate surface area is 84.5 Å². The zero-order chi connectivity index (χ0) is 9.52. The highest BCUT2D eigenvalue weighted by molar-refractivity contribution is 7.99. The first-order valence-corrected chi connectivity index (χ1v) is 5.62. The van der Waals surface area contributed by atoms with Gasteiger partial charge < -0.3 is 4.74 Å². The van der Waals surface area contributed by atoms with Gasteiger partial charge in [0, 0.05) is 4.90 Å². The molecule has 0 aliphatic carbocycles. The lowest BCUT2D eigenvalue weighted by Crippen LogP contribution is -1.82. The van der Waals surface area contributed by atoms with Gasteiger partial charge in [-0.05, 0) is 36.4 Å². The van der Waals surface area contributed by atoms with E-state index in [-0.39, 0.29) is 0 Å². The van der Waals surface area contributed by atoms with Crippen molar-refractivity contribution in [2.24, 2.45) is 0 Å². The van der Waals surface area contributed by atoms with Gasteiger partial charge in [0.05, 0.1) is 7.11 Å². The molecule has 0 N–H and O–H groups in total. The van der Waals surface area contributed by atoms with Gasteiger partial charge in [-0.3, -0.25) is 0 Å². The Kier molecular flexibility index (Phi) is 4.76. The van der Waals surface area contributed by atoms with E-state index >= 15 is 0 Å². The summed E-state index contributed by atoms with van der Waals surface area (Å²) in [4.78, 5) is 1.33. The average Bonchev–Trinajstić information content (AvgIpc) is 2.19. The lowest BCUT2D eigenvalue weighted by atomic mass is 10.3. The van der Waals surface area contributed by atoms with Crippen LogP contribution in [0.2, 0.25) is 0 Å². The molecule has 13 heavy (non-hydrogen) atoms. The molecule has 0 spiro atoms. The monoisotopic (exact) mass is 196 g/mol. The van der Waals surface area contributed by atoms with Crippen LogP contribution in [0.25, 0.3) is 0 Å². The van der Waals surface area contributed by atoms with Crippen molar-refractivity contribution in [3.05, 3.63) is 24.3 Å². The first-order chi connectivity index (χ1) is 6.36. The van der Waals surface area contributed by atoms with Crippen molar-refractivity contribution in [3.63, 3.8) is 0 Å². The topological polar surface area (TPSA) is 9.23 Å². The van der Waals surface area contributed by atoms with Crippen LogP contribution in [-0.2, 0) is 0 Å². The Morgan fingerprint density at radius 3 is 2.46 bits per heavy atom. The minimum atomic E-state index is 0.930. The number of hydrogen-bond donors (Lipinski definition) is 0. The van der Waals surface area contributed by atoms with Gasteiger partial charge in [-0.25, -0.2) is 0 Å². The van der Waals surface area contributed by atoms with Crippen LogP contribution < -0.4 is 4.74 Å². The van der Waals surface area contributed by atoms with E-state index in [2.05, 4.69) is 19.1 Å². The fourth-order valence-electron chi connectivity index (χ4n) is 1.01. The van der Waals surface area contributed by atoms with Gasteiger partial charge >= 0.3 is 0 Å². The van der Waals surface area contributed by atoms with Crippen molar-refractivity contribution >= 4 is 11.8 Å². The zero-order valence-electron chi connectivity index (χ0n) is 8.25. The maximum absolute atomic E-state index is 5.09. The standard InChI is InChI=1S/C11H16OS/c1-3-4-9-13-11-7-5-10(12-2)6-8-11/h5-8H,3-4,9H2,1-2H3. The van der Waals surface area contributed by atoms with Gasteiger partial charge in [-0.1, -0.05) is 13.3 Å². The summed E-state index contributed by atoms with van der Waals surface area (Å²) < 4.78 is 5.09. The van der Waals surface area contributed by atoms with E-state index in [1.54, 1.807) is 7.11 Å². The molecule has 0 fully saturated rings. The molecule has 0 unspecified atom stereocenters. The van der Waals surface area contributed by atoms with Crippen LogP contribution in [0.4, 0.5) is 0 Å². The third-order valence-corrected chi connectivity index (χ3v) is 2.92. The van der Waals surface area contributed by atoms with Gasteiger partial charge in [-0.2, -0.15) is 0 Å². The SMILES string of the molecule is CCCCSc1ccc(OC)cc1. The Bertz CT molecular complexity index is 230. The normalized spacial score (nSPS) is 10.0. The molecule has 72 valence electrons. The quantitative estimate of drug-likeness (QED) is 0.526. The number of unbranched alkanes of at least 4 members (excludes halogenated alkanes) is 1. The van der Waals surface area contributed by atoms with Crippen LogP contribution >= 0.6 is 11.8 Å². The number of ether oxygens (including phenoxy) is 1. The fourth-order valence-corrected chi connectivity index (χ4v) is 2.00. The summed E-state index contributed by atoms with van der Waals surface area (Å²) in [7, 11) is 1.69. The second-order valence-electron chi connectivity index (χ2n) is 2.88. The van der Waals surface area contributed by atoms with E-state index in [0.29, 0.717) is 0 Å². The number of hydrogen-bond acceptors (Lipinski definition) is 2. The van der Waals surface area contributed by atoms with E-state index in [0.717, 1.165) is 5.75 Å². The molecule has 2 heteroatoms. The Morgan fingerprint density at radius 1 is 1.23 bits per heavy atom. The van der Waals surface area contributed by atoms with Crippen molar-refractivity contribution in [1.82, 2.24) is 0 Å². The number of benzene rings is 1. The van der Waals surface area contributed by atoms with E-state index in [1.807, 2.05) is 23.9 Å². The zero-order valence-corrected chi connectivity index (χ0v) is 9.06. The third-order valence-electron chi connectivity index (χ3n) is 1.83. The first kappa shape index (κ1) is 10.5. The van der Waals surface area contributed by atoms with E-state index in [4.69, 9.17) is 4.74 Å². The molecular formula is C11H16OS. The van der Waals surface area contributed by atoms with Gasteiger partial charge in [0.25, 0.3) is 0 Å². The molecule has 0 amide bonds. The number of thioether (sulfide) groups is 1. The maximum atomic E-state index is 5.09. The molecule has 0 heterocycles. The molecular weight excluding hydrogens is 180 g/mol. The Balaban J connectivity index is 2.40. The predicted octanol–water partition coefficient (Wildman–Crippen LogP) is 3.59. The van der Waals surface area contributed by atoms with E-state index in [1.165, 1.54) is 23.5 Å². The summed E-state index contributed by atoms with van der Waals surface area (Å²) in [6.07, 6.45) is 2.56. The fraction of sp³-hybridized carbons (Fsp3) is 0.455. The van der Waals surface area contributed by atoms with Crippen LogP contribution in [0.1, 0.15) is 19.8 Å². The first-order valence-electron chi connectivity index (χ1n) is 4.63. The summed E-state index contributed by atoms with van der Waals surface area (Å²) in [6.45, 7) is 2.22.